The number of hydrogen-bond donors (Lipinski definition) is 1. The minimum Gasteiger partial charge on any atom is -0.493 e. The normalized spacial score (nSPS) is 10.8. The van der Waals surface area contributed by atoms with Crippen LogP contribution >= 0.6 is 0 Å². The number of rotatable bonds is 8. The van der Waals surface area contributed by atoms with Crippen LogP contribution in [0, 0.1) is 18.6 Å². The Bertz CT molecular complexity index is 1760. The molecule has 5 aromatic rings. The lowest BCUT2D eigenvalue weighted by Gasteiger charge is -2.15. The van der Waals surface area contributed by atoms with Crippen LogP contribution in [0.5, 0.6) is 28.7 Å². The Morgan fingerprint density at radius 1 is 0.805 bits per heavy atom. The molecule has 3 aromatic carbocycles. The number of nitrogens with one attached hydrogen (secondary N) is 1. The summed E-state index contributed by atoms with van der Waals surface area (Å²) in [5.41, 5.74) is 2.16. The predicted octanol–water partition coefficient (Wildman–Crippen LogP) is 6.35. The van der Waals surface area contributed by atoms with Gasteiger partial charge in [-0.1, -0.05) is 12.1 Å². The van der Waals surface area contributed by atoms with Crippen LogP contribution in [0.2, 0.25) is 0 Å². The number of methoxy groups -OCH3 is 3. The van der Waals surface area contributed by atoms with Crippen molar-refractivity contribution in [3.8, 4) is 39.9 Å². The van der Waals surface area contributed by atoms with Crippen molar-refractivity contribution >= 4 is 22.5 Å². The molecule has 9 nitrogen and oxygen atoms in total. The van der Waals surface area contributed by atoms with Gasteiger partial charge >= 0.3 is 0 Å². The number of pyridine rings is 1. The minimum atomic E-state index is -0.720. The molecule has 2 heterocycles. The third-order valence-corrected chi connectivity index (χ3v) is 6.27. The molecule has 0 unspecified atom stereocenters. The van der Waals surface area contributed by atoms with Gasteiger partial charge in [-0.2, -0.15) is 5.10 Å². The maximum Gasteiger partial charge on any atom is 0.280 e. The molecule has 2 aromatic heterocycles. The smallest absolute Gasteiger partial charge is 0.280 e. The highest BCUT2D eigenvalue weighted by atomic mass is 19.1. The van der Waals surface area contributed by atoms with Gasteiger partial charge in [0, 0.05) is 35.0 Å². The van der Waals surface area contributed by atoms with Crippen molar-refractivity contribution in [1.29, 1.82) is 0 Å². The summed E-state index contributed by atoms with van der Waals surface area (Å²) in [4.78, 5) is 17.5. The Labute approximate surface area is 233 Å². The zero-order chi connectivity index (χ0) is 29.1. The predicted molar refractivity (Wildman–Crippen MR) is 148 cm³/mol. The Balaban J connectivity index is 1.41. The van der Waals surface area contributed by atoms with E-state index in [9.17, 15) is 9.18 Å². The number of anilines is 1. The van der Waals surface area contributed by atoms with Crippen LogP contribution in [-0.4, -0.2) is 42.4 Å². The lowest BCUT2D eigenvalue weighted by Crippen LogP contribution is -2.17. The van der Waals surface area contributed by atoms with E-state index < -0.39 is 17.5 Å². The highest BCUT2D eigenvalue weighted by Gasteiger charge is 2.23. The Morgan fingerprint density at radius 2 is 1.54 bits per heavy atom. The van der Waals surface area contributed by atoms with E-state index in [0.29, 0.717) is 45.0 Å². The maximum absolute atomic E-state index is 15.1. The first-order valence-electron chi connectivity index (χ1n) is 12.3. The largest absolute Gasteiger partial charge is 0.493 e. The summed E-state index contributed by atoms with van der Waals surface area (Å²) >= 11 is 0. The summed E-state index contributed by atoms with van der Waals surface area (Å²) < 4.78 is 50.7. The number of amides is 1. The number of nitrogens with zero attached hydrogens (tertiary/aromatic N) is 3. The number of carbonyl (C=O) groups excluding carboxylic acids is 1. The van der Waals surface area contributed by atoms with Gasteiger partial charge < -0.3 is 24.3 Å². The number of aryl methyl sites for hydroxylation is 1. The van der Waals surface area contributed by atoms with Crippen molar-refractivity contribution in [2.24, 2.45) is 0 Å². The zero-order valence-electron chi connectivity index (χ0n) is 22.5. The molecule has 0 atom stereocenters. The monoisotopic (exact) mass is 558 g/mol. The molecule has 0 aliphatic rings. The molecule has 0 aliphatic heterocycles. The second-order valence-corrected chi connectivity index (χ2v) is 8.78. The molecule has 41 heavy (non-hydrogen) atoms. The third-order valence-electron chi connectivity index (χ3n) is 6.27. The minimum absolute atomic E-state index is 0.0726. The van der Waals surface area contributed by atoms with E-state index in [2.05, 4.69) is 20.5 Å². The summed E-state index contributed by atoms with van der Waals surface area (Å²) in [6.45, 7) is 1.70. The molecule has 1 amide bonds. The van der Waals surface area contributed by atoms with Crippen molar-refractivity contribution in [2.45, 2.75) is 6.92 Å². The molecule has 0 fully saturated rings. The summed E-state index contributed by atoms with van der Waals surface area (Å²) in [6, 6.07) is 14.7. The van der Waals surface area contributed by atoms with E-state index >= 15 is 4.39 Å². The van der Waals surface area contributed by atoms with Crippen LogP contribution in [0.1, 0.15) is 16.2 Å². The van der Waals surface area contributed by atoms with Gasteiger partial charge in [-0.25, -0.2) is 8.78 Å². The molecule has 0 aliphatic carbocycles. The topological polar surface area (TPSA) is 105 Å². The fraction of sp³-hybridized carbons (Fsp3) is 0.133. The van der Waals surface area contributed by atoms with E-state index in [1.54, 1.807) is 37.3 Å². The highest BCUT2D eigenvalue weighted by molar-refractivity contribution is 6.06. The van der Waals surface area contributed by atoms with E-state index in [-0.39, 0.29) is 22.9 Å². The lowest BCUT2D eigenvalue weighted by atomic mass is 10.0. The molecule has 5 rings (SSSR count). The molecular weight excluding hydrogens is 534 g/mol. The Kier molecular flexibility index (Phi) is 7.59. The summed E-state index contributed by atoms with van der Waals surface area (Å²) in [6.07, 6.45) is 1.53. The summed E-state index contributed by atoms with van der Waals surface area (Å²) in [5, 5.41) is 11.3. The van der Waals surface area contributed by atoms with Gasteiger partial charge in [0.1, 0.15) is 11.6 Å². The average Bonchev–Trinajstić information content (AvgIpc) is 2.98. The van der Waals surface area contributed by atoms with Crippen LogP contribution in [0.3, 0.4) is 0 Å². The first-order chi connectivity index (χ1) is 19.8. The van der Waals surface area contributed by atoms with E-state index in [1.165, 1.54) is 51.8 Å². The number of hydrogen-bond acceptors (Lipinski definition) is 8. The number of ether oxygens (including phenoxy) is 4. The zero-order valence-corrected chi connectivity index (χ0v) is 22.5. The van der Waals surface area contributed by atoms with E-state index in [4.69, 9.17) is 18.9 Å². The molecule has 0 saturated heterocycles. The fourth-order valence-corrected chi connectivity index (χ4v) is 4.31. The number of aromatic nitrogens is 3. The second kappa shape index (κ2) is 11.4. The third kappa shape index (κ3) is 5.42. The van der Waals surface area contributed by atoms with Gasteiger partial charge in [-0.15, -0.1) is 5.10 Å². The second-order valence-electron chi connectivity index (χ2n) is 8.78. The van der Waals surface area contributed by atoms with Crippen molar-refractivity contribution in [3.05, 3.63) is 89.9 Å². The molecule has 0 spiro atoms. The van der Waals surface area contributed by atoms with Gasteiger partial charge in [0.25, 0.3) is 5.91 Å². The van der Waals surface area contributed by atoms with E-state index in [1.807, 2.05) is 0 Å². The number of benzene rings is 3. The van der Waals surface area contributed by atoms with Gasteiger partial charge in [0.15, 0.2) is 34.5 Å². The molecule has 208 valence electrons. The van der Waals surface area contributed by atoms with Gasteiger partial charge in [-0.3, -0.25) is 9.78 Å². The van der Waals surface area contributed by atoms with Crippen LogP contribution in [0.4, 0.5) is 14.5 Å². The summed E-state index contributed by atoms with van der Waals surface area (Å²) in [7, 11) is 4.42. The van der Waals surface area contributed by atoms with Crippen molar-refractivity contribution in [2.75, 3.05) is 26.6 Å². The SMILES string of the molecule is COc1cc2nccc(Oc3ccc(NC(=O)c4nnc(C)c(-c5ccc(F)cc5)c4OC)cc3F)c2cc1OC. The fourth-order valence-electron chi connectivity index (χ4n) is 4.31. The van der Waals surface area contributed by atoms with Crippen molar-refractivity contribution in [1.82, 2.24) is 15.2 Å². The number of halogens is 2. The van der Waals surface area contributed by atoms with Gasteiger partial charge in [-0.05, 0) is 48.9 Å². The first-order valence-corrected chi connectivity index (χ1v) is 12.3. The molecule has 0 radical (unpaired) electrons. The van der Waals surface area contributed by atoms with E-state index in [0.717, 1.165) is 6.07 Å². The highest BCUT2D eigenvalue weighted by Crippen LogP contribution is 2.38. The number of carbonyl (C=O) groups is 1. The van der Waals surface area contributed by atoms with Crippen LogP contribution in [-0.2, 0) is 0 Å². The van der Waals surface area contributed by atoms with Crippen molar-refractivity contribution in [3.63, 3.8) is 0 Å². The quantitative estimate of drug-likeness (QED) is 0.235. The van der Waals surface area contributed by atoms with Crippen molar-refractivity contribution < 1.29 is 32.5 Å². The lowest BCUT2D eigenvalue weighted by molar-refractivity contribution is 0.101. The molecule has 0 saturated carbocycles. The average molecular weight is 559 g/mol. The van der Waals surface area contributed by atoms with Crippen LogP contribution < -0.4 is 24.3 Å². The standard InChI is InChI=1S/C30H24F2N4O5/c1-16-27(17-5-7-18(31)8-6-17)29(40-4)28(36-35-16)30(37)34-19-9-10-24(21(32)13-19)41-23-11-12-33-22-15-26(39-3)25(38-2)14-20(22)23/h5-15H,1-4H3,(H,34,37). The first kappa shape index (κ1) is 27.3. The molecule has 11 heteroatoms. The molecule has 1 N–H and O–H groups in total. The Morgan fingerprint density at radius 3 is 2.22 bits per heavy atom. The summed E-state index contributed by atoms with van der Waals surface area (Å²) in [5.74, 6) is -0.412. The van der Waals surface area contributed by atoms with Crippen LogP contribution in [0.15, 0.2) is 66.9 Å². The molecular formula is C30H24F2N4O5. The Hall–Kier alpha value is -5.32. The van der Waals surface area contributed by atoms with Gasteiger partial charge in [0.2, 0.25) is 0 Å². The molecule has 0 bridgehead atoms. The van der Waals surface area contributed by atoms with Gasteiger partial charge in [0.05, 0.1) is 32.5 Å². The maximum atomic E-state index is 15.1. The number of fused-ring (bicyclic) bond motifs is 1. The van der Waals surface area contributed by atoms with Crippen LogP contribution in [0.25, 0.3) is 22.0 Å².